The van der Waals surface area contributed by atoms with Gasteiger partial charge in [0.05, 0.1) is 17.9 Å². The van der Waals surface area contributed by atoms with Gasteiger partial charge < -0.3 is 15.2 Å². The molecule has 4 aromatic rings. The van der Waals surface area contributed by atoms with E-state index in [9.17, 15) is 4.79 Å². The lowest BCUT2D eigenvalue weighted by atomic mass is 10.1. The first-order chi connectivity index (χ1) is 15.7. The van der Waals surface area contributed by atoms with Gasteiger partial charge in [-0.15, -0.1) is 22.7 Å². The van der Waals surface area contributed by atoms with Crippen molar-refractivity contribution in [1.29, 1.82) is 0 Å². The summed E-state index contributed by atoms with van der Waals surface area (Å²) < 4.78 is 2.62. The summed E-state index contributed by atoms with van der Waals surface area (Å²) in [6.45, 7) is 6.60. The van der Waals surface area contributed by atoms with Crippen molar-refractivity contribution in [1.82, 2.24) is 20.2 Å². The Kier molecular flexibility index (Phi) is 5.68. The predicted octanol–water partition coefficient (Wildman–Crippen LogP) is 6.41. The fourth-order valence-electron chi connectivity index (χ4n) is 4.10. The molecule has 162 valence electrons. The first-order valence-electron chi connectivity index (χ1n) is 10.6. The molecule has 1 atom stereocenters. The van der Waals surface area contributed by atoms with Crippen LogP contribution in [0.4, 0.5) is 0 Å². The maximum absolute atomic E-state index is 11.3. The molecule has 1 unspecified atom stereocenters. The monoisotopic (exact) mass is 460 g/mol. The Morgan fingerprint density at radius 2 is 2.00 bits per heavy atom. The van der Waals surface area contributed by atoms with E-state index in [1.807, 2.05) is 40.0 Å². The minimum atomic E-state index is 0.0653. The van der Waals surface area contributed by atoms with Gasteiger partial charge in [-0.25, -0.2) is 4.98 Å². The fraction of sp³-hybridized carbons (Fsp3) is 0.200. The largest absolute Gasteiger partial charge is 0.368 e. The van der Waals surface area contributed by atoms with Crippen molar-refractivity contribution in [3.63, 3.8) is 0 Å². The van der Waals surface area contributed by atoms with Crippen LogP contribution < -0.4 is 5.32 Å². The number of aromatic amines is 1. The van der Waals surface area contributed by atoms with Gasteiger partial charge in [0.25, 0.3) is 0 Å². The Morgan fingerprint density at radius 1 is 1.22 bits per heavy atom. The van der Waals surface area contributed by atoms with Crippen LogP contribution in [0.2, 0.25) is 0 Å². The van der Waals surface area contributed by atoms with E-state index in [1.165, 1.54) is 30.3 Å². The van der Waals surface area contributed by atoms with Gasteiger partial charge in [-0.3, -0.25) is 4.79 Å². The van der Waals surface area contributed by atoms with Crippen LogP contribution in [0.1, 0.15) is 36.5 Å². The molecule has 1 fully saturated rings. The zero-order chi connectivity index (χ0) is 22.1. The highest BCUT2D eigenvalue weighted by Crippen LogP contribution is 2.40. The number of thiophene rings is 2. The van der Waals surface area contributed by atoms with Crippen molar-refractivity contribution in [3.05, 3.63) is 72.3 Å². The number of benzene rings is 1. The summed E-state index contributed by atoms with van der Waals surface area (Å²) in [5, 5.41) is 3.05. The van der Waals surface area contributed by atoms with E-state index in [0.717, 1.165) is 42.9 Å². The minimum absolute atomic E-state index is 0.0653. The fourth-order valence-corrected chi connectivity index (χ4v) is 6.48. The molecule has 4 heterocycles. The molecule has 1 aliphatic rings. The van der Waals surface area contributed by atoms with Crippen LogP contribution in [0.25, 0.3) is 36.7 Å². The van der Waals surface area contributed by atoms with Crippen LogP contribution in [0, 0.1) is 0 Å². The topological polar surface area (TPSA) is 61.0 Å². The van der Waals surface area contributed by atoms with Gasteiger partial charge in [0.15, 0.2) is 0 Å². The van der Waals surface area contributed by atoms with Gasteiger partial charge in [0.1, 0.15) is 5.82 Å². The van der Waals surface area contributed by atoms with Crippen molar-refractivity contribution in [2.75, 3.05) is 6.54 Å². The summed E-state index contributed by atoms with van der Waals surface area (Å²) in [6, 6.07) is 13.2. The molecule has 2 N–H and O–H groups in total. The van der Waals surface area contributed by atoms with Crippen molar-refractivity contribution in [3.8, 4) is 21.7 Å². The van der Waals surface area contributed by atoms with E-state index in [0.29, 0.717) is 0 Å². The highest BCUT2D eigenvalue weighted by molar-refractivity contribution is 7.30. The number of nitrogens with one attached hydrogen (secondary N) is 2. The number of hydrogen-bond donors (Lipinski definition) is 2. The van der Waals surface area contributed by atoms with Crippen LogP contribution in [-0.4, -0.2) is 27.8 Å². The van der Waals surface area contributed by atoms with Crippen LogP contribution in [0.15, 0.2) is 61.6 Å². The zero-order valence-corrected chi connectivity index (χ0v) is 19.4. The summed E-state index contributed by atoms with van der Waals surface area (Å²) in [6.07, 6.45) is 8.44. The zero-order valence-electron chi connectivity index (χ0n) is 17.8. The number of hydrogen-bond acceptors (Lipinski definition) is 5. The quantitative estimate of drug-likeness (QED) is 0.313. The average molecular weight is 461 g/mol. The first kappa shape index (κ1) is 20.7. The second kappa shape index (κ2) is 8.76. The molecule has 0 spiro atoms. The molecule has 1 saturated heterocycles. The number of nitrogens with zero attached hydrogens (tertiary/aromatic N) is 2. The maximum Gasteiger partial charge on any atom is 0.210 e. The number of fused-ring (bicyclic) bond motifs is 1. The number of imidazole rings is 1. The molecule has 0 bridgehead atoms. The number of carbonyl (C=O) groups is 1. The summed E-state index contributed by atoms with van der Waals surface area (Å²) in [4.78, 5) is 23.6. The standard InChI is InChI=1S/C25H24N4OS2/c1-3-26-13-16(2)21-11-23-24(31-21)12-22(32-23)18-8-6-17(7-9-18)19-14-27-25(28-19)20-5-4-10-29(20)15-30/h3,6-9,11-15,20,26H,1,4-5,10H2,2H3,(H,27,28)/b16-13+. The molecule has 0 saturated carbocycles. The van der Waals surface area contributed by atoms with Crippen LogP contribution in [0.3, 0.4) is 0 Å². The molecule has 0 aliphatic carbocycles. The summed E-state index contributed by atoms with van der Waals surface area (Å²) >= 11 is 3.64. The van der Waals surface area contributed by atoms with Crippen molar-refractivity contribution < 1.29 is 4.79 Å². The van der Waals surface area contributed by atoms with Crippen molar-refractivity contribution in [2.45, 2.75) is 25.8 Å². The summed E-state index contributed by atoms with van der Waals surface area (Å²) in [5.74, 6) is 0.871. The third kappa shape index (κ3) is 3.89. The third-order valence-electron chi connectivity index (χ3n) is 5.83. The molecule has 0 radical (unpaired) electrons. The summed E-state index contributed by atoms with van der Waals surface area (Å²) in [5.41, 5.74) is 4.50. The Bertz CT molecular complexity index is 1260. The lowest BCUT2D eigenvalue weighted by Crippen LogP contribution is -2.21. The first-order valence-corrected chi connectivity index (χ1v) is 12.2. The Morgan fingerprint density at radius 3 is 2.75 bits per heavy atom. The van der Waals surface area contributed by atoms with Crippen LogP contribution in [0.5, 0.6) is 0 Å². The molecular formula is C25H24N4OS2. The van der Waals surface area contributed by atoms with Gasteiger partial charge in [0, 0.05) is 31.9 Å². The minimum Gasteiger partial charge on any atom is -0.368 e. The van der Waals surface area contributed by atoms with E-state index in [1.54, 1.807) is 6.20 Å². The number of amides is 1. The SMILES string of the molecule is C=CN/C=C(\C)c1cc2sc(-c3ccc(-c4cnc(C5CCCN5C=O)[nH]4)cc3)cc2s1. The molecule has 5 nitrogen and oxygen atoms in total. The molecule has 32 heavy (non-hydrogen) atoms. The number of aromatic nitrogens is 2. The van der Waals surface area contributed by atoms with E-state index >= 15 is 0 Å². The van der Waals surface area contributed by atoms with E-state index in [4.69, 9.17) is 0 Å². The smallest absolute Gasteiger partial charge is 0.210 e. The van der Waals surface area contributed by atoms with Crippen LogP contribution in [-0.2, 0) is 4.79 Å². The Hall–Kier alpha value is -3.16. The second-order valence-corrected chi connectivity index (χ2v) is 10.1. The molecule has 5 rings (SSSR count). The Labute approximate surface area is 195 Å². The molecule has 1 aliphatic heterocycles. The number of likely N-dealkylation sites (tertiary alicyclic amines) is 1. The van der Waals surface area contributed by atoms with Gasteiger partial charge in [-0.1, -0.05) is 30.8 Å². The van der Waals surface area contributed by atoms with Gasteiger partial charge in [-0.2, -0.15) is 0 Å². The molecule has 7 heteroatoms. The molecule has 1 amide bonds. The lowest BCUT2D eigenvalue weighted by molar-refractivity contribution is -0.119. The average Bonchev–Trinajstić information content (AvgIpc) is 3.59. The van der Waals surface area contributed by atoms with E-state index in [2.05, 4.69) is 65.2 Å². The third-order valence-corrected chi connectivity index (χ3v) is 8.31. The highest BCUT2D eigenvalue weighted by atomic mass is 32.1. The highest BCUT2D eigenvalue weighted by Gasteiger charge is 2.27. The number of rotatable bonds is 7. The van der Waals surface area contributed by atoms with E-state index in [-0.39, 0.29) is 6.04 Å². The number of carbonyl (C=O) groups excluding carboxylic acids is 1. The molecular weight excluding hydrogens is 436 g/mol. The number of allylic oxidation sites excluding steroid dienone is 1. The van der Waals surface area contributed by atoms with Crippen molar-refractivity contribution >= 4 is 44.1 Å². The molecule has 3 aromatic heterocycles. The van der Waals surface area contributed by atoms with Gasteiger partial charge >= 0.3 is 0 Å². The normalized spacial score (nSPS) is 16.6. The predicted molar refractivity (Wildman–Crippen MR) is 134 cm³/mol. The number of H-pyrrole nitrogens is 1. The van der Waals surface area contributed by atoms with Crippen molar-refractivity contribution in [2.24, 2.45) is 0 Å². The Balaban J connectivity index is 1.35. The molecule has 1 aromatic carbocycles. The summed E-state index contributed by atoms with van der Waals surface area (Å²) in [7, 11) is 0. The lowest BCUT2D eigenvalue weighted by Gasteiger charge is -2.17. The van der Waals surface area contributed by atoms with Gasteiger partial charge in [-0.05, 0) is 54.8 Å². The van der Waals surface area contributed by atoms with Gasteiger partial charge in [0.2, 0.25) is 6.41 Å². The van der Waals surface area contributed by atoms with Crippen LogP contribution >= 0.6 is 22.7 Å². The van der Waals surface area contributed by atoms with E-state index < -0.39 is 0 Å². The second-order valence-electron chi connectivity index (χ2n) is 7.91. The maximum atomic E-state index is 11.3.